The molecule has 0 unspecified atom stereocenters. The highest BCUT2D eigenvalue weighted by Crippen LogP contribution is 2.20. The van der Waals surface area contributed by atoms with E-state index in [0.717, 1.165) is 16.8 Å². The zero-order chi connectivity index (χ0) is 11.7. The van der Waals surface area contributed by atoms with Gasteiger partial charge in [-0.3, -0.25) is 0 Å². The highest BCUT2D eigenvalue weighted by molar-refractivity contribution is 5.94. The summed E-state index contributed by atoms with van der Waals surface area (Å²) in [4.78, 5) is 24.0. The summed E-state index contributed by atoms with van der Waals surface area (Å²) in [6.45, 7) is 4.24. The lowest BCUT2D eigenvalue weighted by molar-refractivity contribution is -0.160. The first-order chi connectivity index (χ1) is 7.54. The first-order valence-electron chi connectivity index (χ1n) is 5.11. The lowest BCUT2D eigenvalue weighted by atomic mass is 10.1. The number of esters is 2. The molecule has 1 aromatic carbocycles. The van der Waals surface area contributed by atoms with Crippen molar-refractivity contribution < 1.29 is 14.3 Å². The number of morpholine rings is 1. The Bertz CT molecular complexity index is 417. The molecule has 0 spiro atoms. The first kappa shape index (κ1) is 10.7. The van der Waals surface area contributed by atoms with E-state index in [1.54, 1.807) is 4.90 Å². The maximum absolute atomic E-state index is 11.1. The molecule has 1 aliphatic heterocycles. The van der Waals surface area contributed by atoms with Gasteiger partial charge >= 0.3 is 11.9 Å². The highest BCUT2D eigenvalue weighted by Gasteiger charge is 2.24. The minimum Gasteiger partial charge on any atom is -0.390 e. The molecule has 1 heterocycles. The van der Waals surface area contributed by atoms with Crippen molar-refractivity contribution in [3.63, 3.8) is 0 Å². The molecule has 0 aliphatic carbocycles. The standard InChI is InChI=1S/C12H13NO3/c1-8-3-9(2)5-10(4-8)13-6-11(14)16-12(15)7-13/h3-5H,6-7H2,1-2H3. The number of rotatable bonds is 1. The number of benzene rings is 1. The highest BCUT2D eigenvalue weighted by atomic mass is 16.6. The third kappa shape index (κ3) is 2.21. The maximum atomic E-state index is 11.1. The van der Waals surface area contributed by atoms with E-state index in [0.29, 0.717) is 0 Å². The van der Waals surface area contributed by atoms with Crippen LogP contribution in [0.4, 0.5) is 5.69 Å². The largest absolute Gasteiger partial charge is 0.390 e. The summed E-state index contributed by atoms with van der Waals surface area (Å²) in [7, 11) is 0. The average molecular weight is 219 g/mol. The van der Waals surface area contributed by atoms with Crippen molar-refractivity contribution in [3.8, 4) is 0 Å². The molecule has 0 bridgehead atoms. The third-order valence-corrected chi connectivity index (χ3v) is 2.44. The van der Waals surface area contributed by atoms with Gasteiger partial charge in [-0.15, -0.1) is 0 Å². The summed E-state index contributed by atoms with van der Waals surface area (Å²) >= 11 is 0. The van der Waals surface area contributed by atoms with E-state index in [1.165, 1.54) is 0 Å². The first-order valence-corrected chi connectivity index (χ1v) is 5.11. The molecular weight excluding hydrogens is 206 g/mol. The third-order valence-electron chi connectivity index (χ3n) is 2.44. The molecular formula is C12H13NO3. The molecule has 0 atom stereocenters. The molecule has 4 heteroatoms. The molecule has 1 saturated heterocycles. The van der Waals surface area contributed by atoms with Crippen LogP contribution in [-0.4, -0.2) is 25.0 Å². The molecule has 16 heavy (non-hydrogen) atoms. The summed E-state index contributed by atoms with van der Waals surface area (Å²) in [5.41, 5.74) is 3.12. The van der Waals surface area contributed by atoms with E-state index < -0.39 is 11.9 Å². The number of nitrogens with zero attached hydrogens (tertiary/aromatic N) is 1. The van der Waals surface area contributed by atoms with Gasteiger partial charge in [0.1, 0.15) is 13.1 Å². The fourth-order valence-corrected chi connectivity index (χ4v) is 1.87. The summed E-state index contributed by atoms with van der Waals surface area (Å²) < 4.78 is 4.48. The molecule has 0 radical (unpaired) electrons. The van der Waals surface area contributed by atoms with Crippen molar-refractivity contribution in [1.82, 2.24) is 0 Å². The Morgan fingerprint density at radius 3 is 2.00 bits per heavy atom. The molecule has 0 saturated carbocycles. The van der Waals surface area contributed by atoms with E-state index in [2.05, 4.69) is 4.74 Å². The monoisotopic (exact) mass is 219 g/mol. The Morgan fingerprint density at radius 2 is 1.50 bits per heavy atom. The van der Waals surface area contributed by atoms with Gasteiger partial charge in [-0.2, -0.15) is 0 Å². The van der Waals surface area contributed by atoms with Crippen molar-refractivity contribution >= 4 is 17.6 Å². The Labute approximate surface area is 93.8 Å². The molecule has 1 fully saturated rings. The maximum Gasteiger partial charge on any atom is 0.333 e. The Hall–Kier alpha value is -1.84. The summed E-state index contributed by atoms with van der Waals surface area (Å²) in [6.07, 6.45) is 0. The Kier molecular flexibility index (Phi) is 2.64. The van der Waals surface area contributed by atoms with Crippen LogP contribution in [0.3, 0.4) is 0 Å². The van der Waals surface area contributed by atoms with Crippen molar-refractivity contribution in [2.75, 3.05) is 18.0 Å². The zero-order valence-corrected chi connectivity index (χ0v) is 9.32. The smallest absolute Gasteiger partial charge is 0.333 e. The minimum absolute atomic E-state index is 0.134. The van der Waals surface area contributed by atoms with E-state index in [-0.39, 0.29) is 13.1 Å². The van der Waals surface area contributed by atoms with Crippen LogP contribution in [0.5, 0.6) is 0 Å². The van der Waals surface area contributed by atoms with Crippen LogP contribution < -0.4 is 4.90 Å². The number of aryl methyl sites for hydroxylation is 2. The van der Waals surface area contributed by atoms with E-state index in [9.17, 15) is 9.59 Å². The van der Waals surface area contributed by atoms with Crippen molar-refractivity contribution in [1.29, 1.82) is 0 Å². The van der Waals surface area contributed by atoms with Gasteiger partial charge in [0.05, 0.1) is 0 Å². The van der Waals surface area contributed by atoms with E-state index in [4.69, 9.17) is 0 Å². The lowest BCUT2D eigenvalue weighted by Gasteiger charge is -2.26. The van der Waals surface area contributed by atoms with Crippen LogP contribution in [-0.2, 0) is 14.3 Å². The van der Waals surface area contributed by atoms with Crippen LogP contribution in [0, 0.1) is 13.8 Å². The van der Waals surface area contributed by atoms with Crippen molar-refractivity contribution in [3.05, 3.63) is 29.3 Å². The van der Waals surface area contributed by atoms with Crippen LogP contribution >= 0.6 is 0 Å². The fourth-order valence-electron chi connectivity index (χ4n) is 1.87. The number of carbonyl (C=O) groups excluding carboxylic acids is 2. The minimum atomic E-state index is -0.490. The normalized spacial score (nSPS) is 16.2. The van der Waals surface area contributed by atoms with Gasteiger partial charge in [-0.05, 0) is 37.1 Å². The van der Waals surface area contributed by atoms with Crippen LogP contribution in [0.1, 0.15) is 11.1 Å². The summed E-state index contributed by atoms with van der Waals surface area (Å²) in [6, 6.07) is 5.96. The van der Waals surface area contributed by atoms with Gasteiger partial charge < -0.3 is 9.64 Å². The van der Waals surface area contributed by atoms with E-state index >= 15 is 0 Å². The summed E-state index contributed by atoms with van der Waals surface area (Å²) in [5, 5.41) is 0. The SMILES string of the molecule is Cc1cc(C)cc(N2CC(=O)OC(=O)C2)c1. The second kappa shape index (κ2) is 3.96. The van der Waals surface area contributed by atoms with Gasteiger partial charge in [0, 0.05) is 5.69 Å². The molecule has 2 rings (SSSR count). The molecule has 0 amide bonds. The number of carbonyl (C=O) groups is 2. The van der Waals surface area contributed by atoms with Gasteiger partial charge in [-0.1, -0.05) is 6.07 Å². The topological polar surface area (TPSA) is 46.6 Å². The van der Waals surface area contributed by atoms with Gasteiger partial charge in [0.15, 0.2) is 0 Å². The molecule has 0 N–H and O–H groups in total. The zero-order valence-electron chi connectivity index (χ0n) is 9.32. The van der Waals surface area contributed by atoms with Crippen molar-refractivity contribution in [2.45, 2.75) is 13.8 Å². The lowest BCUT2D eigenvalue weighted by Crippen LogP contribution is -2.43. The van der Waals surface area contributed by atoms with Crippen LogP contribution in [0.2, 0.25) is 0 Å². The van der Waals surface area contributed by atoms with Gasteiger partial charge in [0.25, 0.3) is 0 Å². The molecule has 1 aliphatic rings. The molecule has 1 aromatic rings. The number of hydrogen-bond donors (Lipinski definition) is 0. The Balaban J connectivity index is 2.29. The fraction of sp³-hybridized carbons (Fsp3) is 0.333. The number of hydrogen-bond acceptors (Lipinski definition) is 4. The van der Waals surface area contributed by atoms with Crippen LogP contribution in [0.25, 0.3) is 0 Å². The predicted octanol–water partition coefficient (Wildman–Crippen LogP) is 1.19. The summed E-state index contributed by atoms with van der Waals surface area (Å²) in [5.74, 6) is -0.981. The second-order valence-corrected chi connectivity index (χ2v) is 4.05. The van der Waals surface area contributed by atoms with Gasteiger partial charge in [-0.25, -0.2) is 9.59 Å². The number of ether oxygens (including phenoxy) is 1. The molecule has 84 valence electrons. The van der Waals surface area contributed by atoms with Gasteiger partial charge in [0.2, 0.25) is 0 Å². The number of cyclic esters (lactones) is 2. The predicted molar refractivity (Wildman–Crippen MR) is 59.2 cm³/mol. The average Bonchev–Trinajstić information content (AvgIpc) is 2.14. The molecule has 4 nitrogen and oxygen atoms in total. The molecule has 0 aromatic heterocycles. The second-order valence-electron chi connectivity index (χ2n) is 4.05. The van der Waals surface area contributed by atoms with Crippen LogP contribution in [0.15, 0.2) is 18.2 Å². The van der Waals surface area contributed by atoms with E-state index in [1.807, 2.05) is 32.0 Å². The number of anilines is 1. The Morgan fingerprint density at radius 1 is 1.00 bits per heavy atom. The van der Waals surface area contributed by atoms with Crippen molar-refractivity contribution in [2.24, 2.45) is 0 Å². The quantitative estimate of drug-likeness (QED) is 0.526.